The monoisotopic (exact) mass is 490 g/mol. The molecule has 13 heteroatoms. The molecule has 8 nitrogen and oxygen atoms in total. The zero-order valence-corrected chi connectivity index (χ0v) is 18.8. The van der Waals surface area contributed by atoms with Crippen LogP contribution < -0.4 is 10.2 Å². The van der Waals surface area contributed by atoms with Crippen LogP contribution in [0.25, 0.3) is 0 Å². The van der Waals surface area contributed by atoms with Gasteiger partial charge >= 0.3 is 22.3 Å². The lowest BCUT2D eigenvalue weighted by atomic mass is 10.2. The number of carbonyl (C=O) groups excluding carboxylic acids is 1. The maximum absolute atomic E-state index is 13.4. The third-order valence-corrected chi connectivity index (χ3v) is 5.47. The topological polar surface area (TPSA) is 100 Å². The summed E-state index contributed by atoms with van der Waals surface area (Å²) in [5.74, 6) is -2.20. The Labute approximate surface area is 188 Å². The molecule has 0 aliphatic carbocycles. The Morgan fingerprint density at radius 3 is 2.42 bits per heavy atom. The van der Waals surface area contributed by atoms with Gasteiger partial charge in [0.2, 0.25) is 0 Å². The number of hydrogen-bond acceptors (Lipinski definition) is 7. The molecule has 0 unspecified atom stereocenters. The fourth-order valence-corrected chi connectivity index (χ4v) is 3.51. The standard InChI is InChI=1S/C20H22F4N4O4S/c1-4-28(9-10-32-3)15-7-8-16(17(12-15)25-19(29)20(21,22)23)27-26-14-6-5-13(2)18(11-14)33(24,30)31/h5-8,11-12H,4,9-10H2,1-3H3,(H,25,29)/b27-26+. The largest absolute Gasteiger partial charge is 0.471 e. The Bertz CT molecular complexity index is 1140. The number of hydrogen-bond donors (Lipinski definition) is 1. The minimum absolute atomic E-state index is 0.0516. The maximum atomic E-state index is 13.4. The van der Waals surface area contributed by atoms with Gasteiger partial charge in [0.25, 0.3) is 0 Å². The van der Waals surface area contributed by atoms with Crippen LogP contribution in [0, 0.1) is 6.92 Å². The summed E-state index contributed by atoms with van der Waals surface area (Å²) in [4.78, 5) is 12.7. The Kier molecular flexibility index (Phi) is 8.50. The number of benzene rings is 2. The molecule has 0 radical (unpaired) electrons. The third-order valence-electron chi connectivity index (χ3n) is 4.51. The Balaban J connectivity index is 2.47. The number of rotatable bonds is 9. The second kappa shape index (κ2) is 10.7. The molecule has 0 bridgehead atoms. The number of aryl methyl sites for hydroxylation is 1. The van der Waals surface area contributed by atoms with Crippen molar-refractivity contribution < 1.29 is 35.0 Å². The van der Waals surface area contributed by atoms with Crippen LogP contribution in [-0.4, -0.2) is 47.3 Å². The van der Waals surface area contributed by atoms with Gasteiger partial charge in [0.1, 0.15) is 10.6 Å². The molecule has 0 atom stereocenters. The fraction of sp³-hybridized carbons (Fsp3) is 0.350. The first-order valence-corrected chi connectivity index (χ1v) is 11.0. The van der Waals surface area contributed by atoms with Gasteiger partial charge in [0.05, 0.1) is 18.0 Å². The highest BCUT2D eigenvalue weighted by Crippen LogP contribution is 2.33. The summed E-state index contributed by atoms with van der Waals surface area (Å²) in [5, 5.41) is 9.40. The molecular weight excluding hydrogens is 468 g/mol. The molecule has 2 aromatic rings. The lowest BCUT2D eigenvalue weighted by Crippen LogP contribution is -2.30. The van der Waals surface area contributed by atoms with Gasteiger partial charge in [-0.15, -0.1) is 9.00 Å². The lowest BCUT2D eigenvalue weighted by molar-refractivity contribution is -0.167. The average Bonchev–Trinajstić information content (AvgIpc) is 2.73. The number of nitrogens with zero attached hydrogens (tertiary/aromatic N) is 3. The summed E-state index contributed by atoms with van der Waals surface area (Å²) in [6.07, 6.45) is -5.13. The van der Waals surface area contributed by atoms with E-state index in [1.807, 2.05) is 11.8 Å². The van der Waals surface area contributed by atoms with E-state index in [0.29, 0.717) is 25.4 Å². The SMILES string of the molecule is CCN(CCOC)c1ccc(/N=N/c2ccc(C)c(S(=O)(=O)F)c2)c(NC(=O)C(F)(F)F)c1. The summed E-state index contributed by atoms with van der Waals surface area (Å²) in [5.41, 5.74) is 0.218. The van der Waals surface area contributed by atoms with Crippen LogP contribution in [0.1, 0.15) is 12.5 Å². The second-order valence-electron chi connectivity index (χ2n) is 6.81. The van der Waals surface area contributed by atoms with E-state index in [1.165, 1.54) is 38.3 Å². The quantitative estimate of drug-likeness (QED) is 0.302. The number of methoxy groups -OCH3 is 1. The summed E-state index contributed by atoms with van der Waals surface area (Å²) in [7, 11) is -3.49. The first-order valence-electron chi connectivity index (χ1n) is 9.60. The van der Waals surface area contributed by atoms with Crippen LogP contribution >= 0.6 is 0 Å². The summed E-state index contributed by atoms with van der Waals surface area (Å²) in [6.45, 7) is 4.56. The Hall–Kier alpha value is -3.06. The van der Waals surface area contributed by atoms with Gasteiger partial charge < -0.3 is 15.0 Å². The molecule has 0 saturated carbocycles. The van der Waals surface area contributed by atoms with Gasteiger partial charge in [-0.3, -0.25) is 4.79 Å². The minimum Gasteiger partial charge on any atom is -0.383 e. The molecule has 2 aromatic carbocycles. The molecule has 0 aliphatic rings. The number of amides is 1. The molecule has 0 heterocycles. The molecule has 0 spiro atoms. The van der Waals surface area contributed by atoms with Gasteiger partial charge in [-0.1, -0.05) is 6.07 Å². The Morgan fingerprint density at radius 2 is 1.85 bits per heavy atom. The third kappa shape index (κ3) is 7.22. The van der Waals surface area contributed by atoms with Crippen molar-refractivity contribution in [1.82, 2.24) is 0 Å². The van der Waals surface area contributed by atoms with E-state index in [4.69, 9.17) is 4.74 Å². The average molecular weight is 490 g/mol. The number of carbonyl (C=O) groups is 1. The van der Waals surface area contributed by atoms with Crippen LogP contribution in [0.15, 0.2) is 51.5 Å². The molecule has 33 heavy (non-hydrogen) atoms. The zero-order valence-electron chi connectivity index (χ0n) is 18.0. The number of nitrogens with one attached hydrogen (secondary N) is 1. The van der Waals surface area contributed by atoms with Crippen molar-refractivity contribution in [1.29, 1.82) is 0 Å². The van der Waals surface area contributed by atoms with E-state index in [-0.39, 0.29) is 22.6 Å². The van der Waals surface area contributed by atoms with Crippen LogP contribution in [0.5, 0.6) is 0 Å². The first kappa shape index (κ1) is 26.2. The highest BCUT2D eigenvalue weighted by molar-refractivity contribution is 7.86. The second-order valence-corrected chi connectivity index (χ2v) is 8.13. The van der Waals surface area contributed by atoms with E-state index in [9.17, 15) is 30.3 Å². The summed E-state index contributed by atoms with van der Waals surface area (Å²) in [6, 6.07) is 7.85. The molecule has 2 rings (SSSR count). The lowest BCUT2D eigenvalue weighted by Gasteiger charge is -2.23. The van der Waals surface area contributed by atoms with E-state index >= 15 is 0 Å². The van der Waals surface area contributed by atoms with Crippen molar-refractivity contribution in [2.24, 2.45) is 10.2 Å². The van der Waals surface area contributed by atoms with Crippen molar-refractivity contribution in [3.8, 4) is 0 Å². The van der Waals surface area contributed by atoms with Gasteiger partial charge in [-0.25, -0.2) is 0 Å². The summed E-state index contributed by atoms with van der Waals surface area (Å²) >= 11 is 0. The maximum Gasteiger partial charge on any atom is 0.471 e. The number of anilines is 2. The van der Waals surface area contributed by atoms with E-state index in [1.54, 1.807) is 11.4 Å². The van der Waals surface area contributed by atoms with E-state index in [2.05, 4.69) is 10.2 Å². The van der Waals surface area contributed by atoms with Gasteiger partial charge in [-0.05, 0) is 49.7 Å². The highest BCUT2D eigenvalue weighted by atomic mass is 32.3. The Morgan fingerprint density at radius 1 is 1.15 bits per heavy atom. The molecule has 1 amide bonds. The minimum atomic E-state index is -5.13. The fourth-order valence-electron chi connectivity index (χ4n) is 2.80. The smallest absolute Gasteiger partial charge is 0.383 e. The van der Waals surface area contributed by atoms with E-state index in [0.717, 1.165) is 6.07 Å². The predicted octanol–water partition coefficient (Wildman–Crippen LogP) is 5.04. The van der Waals surface area contributed by atoms with Crippen molar-refractivity contribution in [2.75, 3.05) is 37.0 Å². The first-order chi connectivity index (χ1) is 15.4. The number of alkyl halides is 3. The molecule has 180 valence electrons. The number of azo groups is 1. The van der Waals surface area contributed by atoms with Crippen molar-refractivity contribution in [3.63, 3.8) is 0 Å². The zero-order chi connectivity index (χ0) is 24.8. The number of likely N-dealkylation sites (N-methyl/N-ethyl adjacent to an activating group) is 1. The van der Waals surface area contributed by atoms with E-state index < -0.39 is 27.2 Å². The van der Waals surface area contributed by atoms with Crippen LogP contribution in [0.2, 0.25) is 0 Å². The molecule has 0 aromatic heterocycles. The van der Waals surface area contributed by atoms with Gasteiger partial charge in [-0.2, -0.15) is 26.7 Å². The molecule has 1 N–H and O–H groups in total. The molecule has 0 aliphatic heterocycles. The van der Waals surface area contributed by atoms with Crippen LogP contribution in [0.4, 0.5) is 39.8 Å². The number of halogens is 4. The molecular formula is C20H22F4N4O4S. The van der Waals surface area contributed by atoms with Crippen molar-refractivity contribution in [2.45, 2.75) is 24.9 Å². The van der Waals surface area contributed by atoms with Gasteiger partial charge in [0.15, 0.2) is 0 Å². The molecule has 0 fully saturated rings. The predicted molar refractivity (Wildman–Crippen MR) is 115 cm³/mol. The van der Waals surface area contributed by atoms with Crippen LogP contribution in [-0.2, 0) is 19.8 Å². The summed E-state index contributed by atoms with van der Waals surface area (Å²) < 4.78 is 79.4. The number of ether oxygens (including phenoxy) is 1. The van der Waals surface area contributed by atoms with Crippen molar-refractivity contribution in [3.05, 3.63) is 42.0 Å². The normalized spacial score (nSPS) is 12.2. The van der Waals surface area contributed by atoms with Crippen molar-refractivity contribution >= 4 is 38.9 Å². The molecule has 0 saturated heterocycles. The highest BCUT2D eigenvalue weighted by Gasteiger charge is 2.39. The van der Waals surface area contributed by atoms with Gasteiger partial charge in [0, 0.05) is 25.9 Å². The van der Waals surface area contributed by atoms with Crippen LogP contribution in [0.3, 0.4) is 0 Å².